The van der Waals surface area contributed by atoms with E-state index in [0.717, 1.165) is 4.90 Å². The van der Waals surface area contributed by atoms with Crippen molar-refractivity contribution in [2.75, 3.05) is 18.4 Å². The predicted octanol–water partition coefficient (Wildman–Crippen LogP) is 3.44. The zero-order valence-electron chi connectivity index (χ0n) is 13.2. The van der Waals surface area contributed by atoms with Crippen molar-refractivity contribution in [1.82, 2.24) is 10.2 Å². The van der Waals surface area contributed by atoms with Crippen LogP contribution in [0.1, 0.15) is 10.4 Å². The highest BCUT2D eigenvalue weighted by Crippen LogP contribution is 2.35. The van der Waals surface area contributed by atoms with Gasteiger partial charge >= 0.3 is 6.01 Å². The van der Waals surface area contributed by atoms with E-state index < -0.39 is 0 Å². The summed E-state index contributed by atoms with van der Waals surface area (Å²) in [6.45, 7) is 0.193. The molecule has 0 unspecified atom stereocenters. The Morgan fingerprint density at radius 2 is 2.00 bits per heavy atom. The largest absolute Gasteiger partial charge is 0.454 e. The fourth-order valence-corrected chi connectivity index (χ4v) is 2.81. The molecule has 0 atom stereocenters. The van der Waals surface area contributed by atoms with Gasteiger partial charge in [0.2, 0.25) is 12.7 Å². The molecule has 1 aliphatic heterocycles. The van der Waals surface area contributed by atoms with Crippen LogP contribution in [0.5, 0.6) is 11.5 Å². The molecule has 1 N–H and O–H groups in total. The molecule has 25 heavy (non-hydrogen) atoms. The van der Waals surface area contributed by atoms with Crippen LogP contribution in [0, 0.1) is 0 Å². The van der Waals surface area contributed by atoms with Crippen molar-refractivity contribution in [2.45, 2.75) is 4.90 Å². The van der Waals surface area contributed by atoms with Crippen molar-refractivity contribution in [3.63, 3.8) is 0 Å². The monoisotopic (exact) mass is 355 g/mol. The third kappa shape index (κ3) is 3.16. The van der Waals surface area contributed by atoms with E-state index in [1.807, 2.05) is 18.4 Å². The molecule has 0 bridgehead atoms. The zero-order valence-corrected chi connectivity index (χ0v) is 14.0. The lowest BCUT2D eigenvalue weighted by Crippen LogP contribution is -2.12. The van der Waals surface area contributed by atoms with Gasteiger partial charge in [-0.3, -0.25) is 10.1 Å². The number of hydrogen-bond acceptors (Lipinski definition) is 7. The van der Waals surface area contributed by atoms with Gasteiger partial charge in [-0.25, -0.2) is 0 Å². The van der Waals surface area contributed by atoms with Crippen LogP contribution in [0.15, 0.2) is 51.8 Å². The number of carbonyl (C=O) groups excluding carboxylic acids is 1. The molecule has 0 spiro atoms. The van der Waals surface area contributed by atoms with Gasteiger partial charge in [0.15, 0.2) is 11.5 Å². The summed E-state index contributed by atoms with van der Waals surface area (Å²) in [6, 6.07) is 12.6. The highest BCUT2D eigenvalue weighted by molar-refractivity contribution is 7.98. The molecular weight excluding hydrogens is 342 g/mol. The fraction of sp³-hybridized carbons (Fsp3) is 0.118. The van der Waals surface area contributed by atoms with Crippen molar-refractivity contribution in [2.24, 2.45) is 0 Å². The maximum Gasteiger partial charge on any atom is 0.322 e. The lowest BCUT2D eigenvalue weighted by molar-refractivity contribution is 0.102. The van der Waals surface area contributed by atoms with Crippen LogP contribution in [-0.2, 0) is 0 Å². The number of thioether (sulfide) groups is 1. The smallest absolute Gasteiger partial charge is 0.322 e. The first-order valence-corrected chi connectivity index (χ1v) is 8.64. The van der Waals surface area contributed by atoms with Crippen molar-refractivity contribution in [1.29, 1.82) is 0 Å². The molecular formula is C17H13N3O4S. The van der Waals surface area contributed by atoms with Crippen molar-refractivity contribution in [3.8, 4) is 23.0 Å². The molecule has 1 aromatic heterocycles. The SMILES string of the molecule is CSc1cccc(C(=O)Nc2nnc(-c3ccc4c(c3)OCO4)o2)c1. The number of aromatic nitrogens is 2. The summed E-state index contributed by atoms with van der Waals surface area (Å²) in [5.41, 5.74) is 1.20. The minimum Gasteiger partial charge on any atom is -0.454 e. The number of anilines is 1. The Morgan fingerprint density at radius 1 is 1.12 bits per heavy atom. The van der Waals surface area contributed by atoms with Gasteiger partial charge in [-0.15, -0.1) is 16.9 Å². The summed E-state index contributed by atoms with van der Waals surface area (Å²) in [5, 5.41) is 10.4. The molecule has 4 rings (SSSR count). The third-order valence-electron chi connectivity index (χ3n) is 3.60. The Hall–Kier alpha value is -3.00. The van der Waals surface area contributed by atoms with Gasteiger partial charge in [0.05, 0.1) is 0 Å². The molecule has 0 fully saturated rings. The van der Waals surface area contributed by atoms with E-state index in [0.29, 0.717) is 22.6 Å². The van der Waals surface area contributed by atoms with Crippen molar-refractivity contribution >= 4 is 23.7 Å². The van der Waals surface area contributed by atoms with Gasteiger partial charge < -0.3 is 13.9 Å². The second-order valence-corrected chi connectivity index (χ2v) is 6.05. The van der Waals surface area contributed by atoms with E-state index >= 15 is 0 Å². The molecule has 2 aromatic carbocycles. The minimum absolute atomic E-state index is 0.0345. The Bertz CT molecular complexity index is 941. The molecule has 0 radical (unpaired) electrons. The maximum absolute atomic E-state index is 12.3. The number of benzene rings is 2. The van der Waals surface area contributed by atoms with Crippen molar-refractivity contribution < 1.29 is 18.7 Å². The molecule has 0 saturated carbocycles. The number of amides is 1. The van der Waals surface area contributed by atoms with Crippen LogP contribution in [0.4, 0.5) is 6.01 Å². The molecule has 3 aromatic rings. The number of nitrogens with zero attached hydrogens (tertiary/aromatic N) is 2. The predicted molar refractivity (Wildman–Crippen MR) is 92.0 cm³/mol. The van der Waals surface area contributed by atoms with Crippen LogP contribution in [-0.4, -0.2) is 29.2 Å². The number of ether oxygens (including phenoxy) is 2. The van der Waals surface area contributed by atoms with Gasteiger partial charge in [0, 0.05) is 16.0 Å². The lowest BCUT2D eigenvalue weighted by Gasteiger charge is -2.02. The van der Waals surface area contributed by atoms with Gasteiger partial charge in [-0.1, -0.05) is 11.2 Å². The Morgan fingerprint density at radius 3 is 2.88 bits per heavy atom. The van der Waals surface area contributed by atoms with Crippen LogP contribution in [0.2, 0.25) is 0 Å². The summed E-state index contributed by atoms with van der Waals surface area (Å²) in [6.07, 6.45) is 1.95. The summed E-state index contributed by atoms with van der Waals surface area (Å²) in [4.78, 5) is 13.3. The van der Waals surface area contributed by atoms with E-state index in [-0.39, 0.29) is 24.6 Å². The first kappa shape index (κ1) is 15.5. The molecule has 1 aliphatic rings. The van der Waals surface area contributed by atoms with E-state index in [9.17, 15) is 4.79 Å². The average Bonchev–Trinajstić information content (AvgIpc) is 3.30. The number of rotatable bonds is 4. The Balaban J connectivity index is 1.52. The summed E-state index contributed by atoms with van der Waals surface area (Å²) < 4.78 is 16.1. The first-order valence-electron chi connectivity index (χ1n) is 7.42. The van der Waals surface area contributed by atoms with Crippen LogP contribution < -0.4 is 14.8 Å². The van der Waals surface area contributed by atoms with E-state index in [1.54, 1.807) is 42.1 Å². The molecule has 2 heterocycles. The Labute approximate surface area is 147 Å². The first-order chi connectivity index (χ1) is 12.2. The highest BCUT2D eigenvalue weighted by atomic mass is 32.2. The molecule has 8 heteroatoms. The van der Waals surface area contributed by atoms with E-state index in [4.69, 9.17) is 13.9 Å². The Kier molecular flexibility index (Phi) is 4.02. The fourth-order valence-electron chi connectivity index (χ4n) is 2.35. The highest BCUT2D eigenvalue weighted by Gasteiger charge is 2.17. The third-order valence-corrected chi connectivity index (χ3v) is 4.32. The van der Waals surface area contributed by atoms with Crippen LogP contribution >= 0.6 is 11.8 Å². The zero-order chi connectivity index (χ0) is 17.2. The standard InChI is InChI=1S/C17H13N3O4S/c1-25-12-4-2-3-10(7-12)15(21)18-17-20-19-16(24-17)11-5-6-13-14(8-11)23-9-22-13/h2-8H,9H2,1H3,(H,18,20,21). The van der Waals surface area contributed by atoms with Crippen LogP contribution in [0.3, 0.4) is 0 Å². The van der Waals surface area contributed by atoms with E-state index in [2.05, 4.69) is 15.5 Å². The normalized spacial score (nSPS) is 12.2. The number of nitrogens with one attached hydrogen (secondary N) is 1. The van der Waals surface area contributed by atoms with Gasteiger partial charge in [0.25, 0.3) is 5.91 Å². The van der Waals surface area contributed by atoms with Gasteiger partial charge in [0.1, 0.15) is 0 Å². The lowest BCUT2D eigenvalue weighted by atomic mass is 10.2. The minimum atomic E-state index is -0.309. The van der Waals surface area contributed by atoms with Crippen molar-refractivity contribution in [3.05, 3.63) is 48.0 Å². The quantitative estimate of drug-likeness (QED) is 0.717. The topological polar surface area (TPSA) is 86.5 Å². The van der Waals surface area contributed by atoms with Gasteiger partial charge in [-0.2, -0.15) is 0 Å². The average molecular weight is 355 g/mol. The summed E-state index contributed by atoms with van der Waals surface area (Å²) >= 11 is 1.56. The molecule has 0 aliphatic carbocycles. The number of hydrogen-bond donors (Lipinski definition) is 1. The van der Waals surface area contributed by atoms with Crippen LogP contribution in [0.25, 0.3) is 11.5 Å². The second kappa shape index (κ2) is 6.48. The summed E-state index contributed by atoms with van der Waals surface area (Å²) in [7, 11) is 0. The summed E-state index contributed by atoms with van der Waals surface area (Å²) in [5.74, 6) is 1.27. The molecule has 1 amide bonds. The van der Waals surface area contributed by atoms with E-state index in [1.165, 1.54) is 0 Å². The second-order valence-electron chi connectivity index (χ2n) is 5.17. The molecule has 7 nitrogen and oxygen atoms in total. The van der Waals surface area contributed by atoms with Gasteiger partial charge in [-0.05, 0) is 42.7 Å². The number of carbonyl (C=O) groups is 1. The maximum atomic E-state index is 12.3. The number of fused-ring (bicyclic) bond motifs is 1. The molecule has 126 valence electrons. The molecule has 0 saturated heterocycles.